The van der Waals surface area contributed by atoms with Crippen molar-refractivity contribution in [2.75, 3.05) is 5.32 Å². The van der Waals surface area contributed by atoms with E-state index in [0.29, 0.717) is 22.1 Å². The van der Waals surface area contributed by atoms with Crippen LogP contribution >= 0.6 is 15.9 Å². The predicted molar refractivity (Wildman–Crippen MR) is 81.9 cm³/mol. The fourth-order valence-corrected chi connectivity index (χ4v) is 2.22. The number of hydrogen-bond donors (Lipinski definition) is 3. The summed E-state index contributed by atoms with van der Waals surface area (Å²) in [6.07, 6.45) is 0.614. The molecule has 0 aliphatic carbocycles. The van der Waals surface area contributed by atoms with E-state index in [9.17, 15) is 14.0 Å². The molecule has 116 valence electrons. The van der Waals surface area contributed by atoms with E-state index in [4.69, 9.17) is 5.11 Å². The predicted octanol–water partition coefficient (Wildman–Crippen LogP) is 3.52. The van der Waals surface area contributed by atoms with Gasteiger partial charge in [0.2, 0.25) is 0 Å². The van der Waals surface area contributed by atoms with Gasteiger partial charge in [0.05, 0.1) is 4.47 Å². The van der Waals surface area contributed by atoms with Crippen LogP contribution in [0.25, 0.3) is 0 Å². The van der Waals surface area contributed by atoms with Crippen molar-refractivity contribution in [2.24, 2.45) is 5.92 Å². The number of carbonyl (C=O) groups excluding carboxylic acids is 1. The summed E-state index contributed by atoms with van der Waals surface area (Å²) in [6, 6.07) is 1.05. The largest absolute Gasteiger partial charge is 0.480 e. The van der Waals surface area contributed by atoms with Crippen LogP contribution in [0.4, 0.5) is 14.9 Å². The Labute approximate surface area is 131 Å². The number of amides is 2. The van der Waals surface area contributed by atoms with Crippen molar-refractivity contribution in [3.05, 3.63) is 28.0 Å². The van der Waals surface area contributed by atoms with Crippen molar-refractivity contribution >= 4 is 33.6 Å². The van der Waals surface area contributed by atoms with Crippen LogP contribution in [0.5, 0.6) is 0 Å². The Morgan fingerprint density at radius 1 is 1.43 bits per heavy atom. The van der Waals surface area contributed by atoms with E-state index in [1.807, 2.05) is 6.92 Å². The Bertz CT molecular complexity index is 551. The van der Waals surface area contributed by atoms with E-state index in [1.54, 1.807) is 13.8 Å². The molecule has 21 heavy (non-hydrogen) atoms. The molecule has 0 bridgehead atoms. The van der Waals surface area contributed by atoms with Gasteiger partial charge in [-0.15, -0.1) is 0 Å². The molecule has 1 aromatic carbocycles. The van der Waals surface area contributed by atoms with Gasteiger partial charge in [-0.25, -0.2) is 14.0 Å². The van der Waals surface area contributed by atoms with Gasteiger partial charge >= 0.3 is 12.0 Å². The number of nitrogens with one attached hydrogen (secondary N) is 2. The second kappa shape index (κ2) is 7.40. The normalized spacial score (nSPS) is 13.4. The van der Waals surface area contributed by atoms with Crippen molar-refractivity contribution in [3.8, 4) is 0 Å². The standard InChI is InChI=1S/C14H18BrFN2O3/c1-4-7(2)12(13(19)20)18-14(21)17-11-6-10(16)9(15)5-8(11)3/h5-7,12H,4H2,1-3H3,(H,19,20)(H2,17,18,21). The molecule has 1 aromatic rings. The molecule has 0 fully saturated rings. The smallest absolute Gasteiger partial charge is 0.326 e. The third kappa shape index (κ3) is 4.70. The number of carboxylic acid groups (broad SMARTS) is 1. The van der Waals surface area contributed by atoms with Crippen LogP contribution in [0.1, 0.15) is 25.8 Å². The summed E-state index contributed by atoms with van der Waals surface area (Å²) in [6.45, 7) is 5.29. The van der Waals surface area contributed by atoms with E-state index in [-0.39, 0.29) is 5.92 Å². The first-order valence-electron chi connectivity index (χ1n) is 6.52. The van der Waals surface area contributed by atoms with Crippen LogP contribution in [-0.2, 0) is 4.79 Å². The molecule has 2 atom stereocenters. The van der Waals surface area contributed by atoms with Crippen LogP contribution in [-0.4, -0.2) is 23.1 Å². The van der Waals surface area contributed by atoms with Crippen molar-refractivity contribution in [1.29, 1.82) is 0 Å². The van der Waals surface area contributed by atoms with Gasteiger partial charge in [-0.2, -0.15) is 0 Å². The molecule has 2 amide bonds. The van der Waals surface area contributed by atoms with Gasteiger partial charge in [0.25, 0.3) is 0 Å². The van der Waals surface area contributed by atoms with Crippen LogP contribution in [0.3, 0.4) is 0 Å². The van der Waals surface area contributed by atoms with Crippen molar-refractivity contribution < 1.29 is 19.1 Å². The van der Waals surface area contributed by atoms with Crippen LogP contribution in [0.2, 0.25) is 0 Å². The maximum atomic E-state index is 13.5. The summed E-state index contributed by atoms with van der Waals surface area (Å²) in [4.78, 5) is 23.0. The summed E-state index contributed by atoms with van der Waals surface area (Å²) in [5, 5.41) is 14.0. The van der Waals surface area contributed by atoms with Crippen LogP contribution in [0.15, 0.2) is 16.6 Å². The maximum Gasteiger partial charge on any atom is 0.326 e. The zero-order chi connectivity index (χ0) is 16.2. The first kappa shape index (κ1) is 17.4. The number of aliphatic carboxylic acids is 1. The third-order valence-corrected chi connectivity index (χ3v) is 3.89. The Kier molecular flexibility index (Phi) is 6.14. The quantitative estimate of drug-likeness (QED) is 0.751. The number of anilines is 1. The number of rotatable bonds is 5. The molecule has 0 saturated carbocycles. The molecule has 0 spiro atoms. The molecule has 5 nitrogen and oxygen atoms in total. The first-order chi connectivity index (χ1) is 9.76. The SMILES string of the molecule is CCC(C)C(NC(=O)Nc1cc(F)c(Br)cc1C)C(=O)O. The lowest BCUT2D eigenvalue weighted by molar-refractivity contribution is -0.140. The second-order valence-electron chi connectivity index (χ2n) is 4.88. The zero-order valence-electron chi connectivity index (χ0n) is 12.0. The highest BCUT2D eigenvalue weighted by atomic mass is 79.9. The Balaban J connectivity index is 2.81. The molecule has 3 N–H and O–H groups in total. The average molecular weight is 361 g/mol. The summed E-state index contributed by atoms with van der Waals surface area (Å²) in [7, 11) is 0. The number of carbonyl (C=O) groups is 2. The Morgan fingerprint density at radius 3 is 2.57 bits per heavy atom. The highest BCUT2D eigenvalue weighted by Crippen LogP contribution is 2.23. The van der Waals surface area contributed by atoms with E-state index in [1.165, 1.54) is 12.1 Å². The lowest BCUT2D eigenvalue weighted by atomic mass is 9.99. The van der Waals surface area contributed by atoms with Gasteiger partial charge in [0.15, 0.2) is 0 Å². The molecule has 0 saturated heterocycles. The lowest BCUT2D eigenvalue weighted by Crippen LogP contribution is -2.46. The molecule has 2 unspecified atom stereocenters. The number of aryl methyl sites for hydroxylation is 1. The van der Waals surface area contributed by atoms with Crippen molar-refractivity contribution in [2.45, 2.75) is 33.2 Å². The van der Waals surface area contributed by atoms with Gasteiger partial charge in [-0.3, -0.25) is 0 Å². The highest BCUT2D eigenvalue weighted by molar-refractivity contribution is 9.10. The zero-order valence-corrected chi connectivity index (χ0v) is 13.6. The Morgan fingerprint density at radius 2 is 2.05 bits per heavy atom. The molecule has 0 aliphatic heterocycles. The number of carboxylic acids is 1. The van der Waals surface area contributed by atoms with E-state index in [0.717, 1.165) is 0 Å². The lowest BCUT2D eigenvalue weighted by Gasteiger charge is -2.20. The summed E-state index contributed by atoms with van der Waals surface area (Å²) in [5.41, 5.74) is 0.954. The van der Waals surface area contributed by atoms with Crippen molar-refractivity contribution in [3.63, 3.8) is 0 Å². The monoisotopic (exact) mass is 360 g/mol. The molecule has 1 rings (SSSR count). The molecule has 0 radical (unpaired) electrons. The number of hydrogen-bond acceptors (Lipinski definition) is 2. The van der Waals surface area contributed by atoms with Gasteiger partial charge < -0.3 is 15.7 Å². The maximum absolute atomic E-state index is 13.5. The molecule has 0 aliphatic rings. The topological polar surface area (TPSA) is 78.4 Å². The van der Waals surface area contributed by atoms with Gasteiger partial charge in [0.1, 0.15) is 11.9 Å². The number of halogens is 2. The molecular formula is C14H18BrFN2O3. The molecular weight excluding hydrogens is 343 g/mol. The summed E-state index contributed by atoms with van der Waals surface area (Å²) in [5.74, 6) is -1.82. The minimum absolute atomic E-state index is 0.212. The van der Waals surface area contributed by atoms with E-state index in [2.05, 4.69) is 26.6 Å². The van der Waals surface area contributed by atoms with E-state index < -0.39 is 23.9 Å². The fraction of sp³-hybridized carbons (Fsp3) is 0.429. The van der Waals surface area contributed by atoms with Crippen LogP contribution in [0, 0.1) is 18.7 Å². The van der Waals surface area contributed by atoms with Crippen LogP contribution < -0.4 is 10.6 Å². The second-order valence-corrected chi connectivity index (χ2v) is 5.74. The Hall–Kier alpha value is -1.63. The molecule has 0 heterocycles. The van der Waals surface area contributed by atoms with Gasteiger partial charge in [-0.1, -0.05) is 20.3 Å². The number of urea groups is 1. The average Bonchev–Trinajstić information content (AvgIpc) is 2.41. The number of benzene rings is 1. The summed E-state index contributed by atoms with van der Waals surface area (Å²) >= 11 is 3.05. The highest BCUT2D eigenvalue weighted by Gasteiger charge is 2.25. The molecule has 0 aromatic heterocycles. The van der Waals surface area contributed by atoms with E-state index >= 15 is 0 Å². The summed E-state index contributed by atoms with van der Waals surface area (Å²) < 4.78 is 13.8. The van der Waals surface area contributed by atoms with Crippen molar-refractivity contribution in [1.82, 2.24) is 5.32 Å². The minimum Gasteiger partial charge on any atom is -0.480 e. The van der Waals surface area contributed by atoms with Gasteiger partial charge in [-0.05, 0) is 46.5 Å². The van der Waals surface area contributed by atoms with Gasteiger partial charge in [0, 0.05) is 5.69 Å². The third-order valence-electron chi connectivity index (χ3n) is 3.28. The first-order valence-corrected chi connectivity index (χ1v) is 7.31. The minimum atomic E-state index is -1.10. The molecule has 7 heteroatoms. The fourth-order valence-electron chi connectivity index (χ4n) is 1.76.